The van der Waals surface area contributed by atoms with Gasteiger partial charge >= 0.3 is 0 Å². The number of ether oxygens (including phenoxy) is 1. The number of fused-ring (bicyclic) bond motifs is 2. The first-order valence-corrected chi connectivity index (χ1v) is 10.6. The molecule has 3 atom stereocenters. The van der Waals surface area contributed by atoms with E-state index in [-0.39, 0.29) is 18.3 Å². The maximum atomic E-state index is 12.2. The van der Waals surface area contributed by atoms with E-state index in [9.17, 15) is 4.79 Å². The van der Waals surface area contributed by atoms with E-state index in [4.69, 9.17) is 20.8 Å². The number of carbonyl (C=O) groups is 1. The monoisotopic (exact) mass is 407 g/mol. The molecule has 1 aromatic carbocycles. The summed E-state index contributed by atoms with van der Waals surface area (Å²) in [5.41, 5.74) is 0.939. The van der Waals surface area contributed by atoms with Gasteiger partial charge in [0.15, 0.2) is 6.61 Å². The lowest BCUT2D eigenvalue weighted by molar-refractivity contribution is -0.119. The van der Waals surface area contributed by atoms with E-state index >= 15 is 0 Å². The minimum atomic E-state index is 0.0327. The Labute approximate surface area is 167 Å². The molecule has 4 rings (SSSR count). The Morgan fingerprint density at radius 1 is 1.37 bits per heavy atom. The molecule has 0 aliphatic heterocycles. The zero-order chi connectivity index (χ0) is 18.8. The second-order valence-electron chi connectivity index (χ2n) is 7.30. The summed E-state index contributed by atoms with van der Waals surface area (Å²) in [7, 11) is 0. The third kappa shape index (κ3) is 4.58. The second kappa shape index (κ2) is 8.10. The Morgan fingerprint density at radius 2 is 2.26 bits per heavy atom. The van der Waals surface area contributed by atoms with Crippen LogP contribution in [0.5, 0.6) is 5.75 Å². The van der Waals surface area contributed by atoms with Gasteiger partial charge in [-0.05, 0) is 61.8 Å². The summed E-state index contributed by atoms with van der Waals surface area (Å²) < 4.78 is 11.2. The van der Waals surface area contributed by atoms with Crippen molar-refractivity contribution in [1.82, 2.24) is 15.5 Å². The van der Waals surface area contributed by atoms with Gasteiger partial charge in [0.25, 0.3) is 11.1 Å². The van der Waals surface area contributed by atoms with Gasteiger partial charge in [0, 0.05) is 11.1 Å². The Balaban J connectivity index is 1.22. The van der Waals surface area contributed by atoms with Crippen LogP contribution < -0.4 is 10.1 Å². The number of aryl methyl sites for hydroxylation is 1. The Bertz CT molecular complexity index is 828. The van der Waals surface area contributed by atoms with Gasteiger partial charge in [0.1, 0.15) is 5.75 Å². The normalized spacial score (nSPS) is 23.6. The van der Waals surface area contributed by atoms with Crippen molar-refractivity contribution in [2.24, 2.45) is 11.8 Å². The summed E-state index contributed by atoms with van der Waals surface area (Å²) in [4.78, 5) is 12.2. The third-order valence-corrected chi connectivity index (χ3v) is 6.40. The lowest BCUT2D eigenvalue weighted by atomic mass is 9.95. The molecule has 6 nitrogen and oxygen atoms in total. The third-order valence-electron chi connectivity index (χ3n) is 5.35. The fourth-order valence-electron chi connectivity index (χ4n) is 4.07. The van der Waals surface area contributed by atoms with Crippen molar-refractivity contribution in [3.8, 4) is 5.75 Å². The molecular formula is C19H22ClN3O3S. The summed E-state index contributed by atoms with van der Waals surface area (Å²) in [5, 5.41) is 12.1. The zero-order valence-corrected chi connectivity index (χ0v) is 16.7. The van der Waals surface area contributed by atoms with Gasteiger partial charge in [-0.3, -0.25) is 4.79 Å². The van der Waals surface area contributed by atoms with Crippen molar-refractivity contribution < 1.29 is 13.9 Å². The predicted molar refractivity (Wildman–Crippen MR) is 103 cm³/mol. The lowest BCUT2D eigenvalue weighted by Gasteiger charge is -2.22. The number of halogens is 1. The average molecular weight is 408 g/mol. The van der Waals surface area contributed by atoms with Gasteiger partial charge < -0.3 is 14.5 Å². The number of nitrogens with zero attached hydrogens (tertiary/aromatic N) is 2. The molecule has 1 aromatic heterocycles. The maximum Gasteiger partial charge on any atom is 0.277 e. The van der Waals surface area contributed by atoms with Crippen LogP contribution in [-0.2, 0) is 11.4 Å². The molecule has 1 N–H and O–H groups in total. The molecule has 27 heavy (non-hydrogen) atoms. The molecule has 1 amide bonds. The van der Waals surface area contributed by atoms with Crippen LogP contribution in [0.4, 0.5) is 0 Å². The van der Waals surface area contributed by atoms with Gasteiger partial charge in [0.2, 0.25) is 5.91 Å². The summed E-state index contributed by atoms with van der Waals surface area (Å²) in [6.07, 6.45) is 4.99. The van der Waals surface area contributed by atoms with Crippen LogP contribution in [0, 0.1) is 18.8 Å². The molecule has 0 radical (unpaired) electrons. The highest BCUT2D eigenvalue weighted by Crippen LogP contribution is 2.44. The van der Waals surface area contributed by atoms with Crippen LogP contribution in [0.2, 0.25) is 5.02 Å². The number of thioether (sulfide) groups is 1. The highest BCUT2D eigenvalue weighted by Gasteiger charge is 2.40. The van der Waals surface area contributed by atoms with Crippen molar-refractivity contribution in [2.45, 2.75) is 50.5 Å². The first kappa shape index (κ1) is 18.6. The molecule has 0 spiro atoms. The van der Waals surface area contributed by atoms with E-state index in [0.717, 1.165) is 23.7 Å². The predicted octanol–water partition coefficient (Wildman–Crippen LogP) is 4.01. The van der Waals surface area contributed by atoms with Crippen molar-refractivity contribution >= 4 is 29.3 Å². The molecule has 2 aromatic rings. The minimum absolute atomic E-state index is 0.0327. The van der Waals surface area contributed by atoms with Crippen molar-refractivity contribution in [3.05, 3.63) is 34.7 Å². The highest BCUT2D eigenvalue weighted by molar-refractivity contribution is 7.99. The van der Waals surface area contributed by atoms with Crippen LogP contribution in [0.1, 0.15) is 37.1 Å². The molecule has 2 bridgehead atoms. The molecule has 144 valence electrons. The van der Waals surface area contributed by atoms with E-state index in [0.29, 0.717) is 28.1 Å². The molecular weight excluding hydrogens is 386 g/mol. The lowest BCUT2D eigenvalue weighted by Crippen LogP contribution is -2.39. The van der Waals surface area contributed by atoms with Gasteiger partial charge in [-0.25, -0.2) is 0 Å². The summed E-state index contributed by atoms with van der Waals surface area (Å²) in [6.45, 7) is 2.10. The largest absolute Gasteiger partial charge is 0.484 e. The minimum Gasteiger partial charge on any atom is -0.484 e. The summed E-state index contributed by atoms with van der Waals surface area (Å²) in [6, 6.07) is 5.77. The second-order valence-corrected chi connectivity index (χ2v) is 8.66. The van der Waals surface area contributed by atoms with Crippen LogP contribution in [-0.4, -0.2) is 27.9 Å². The zero-order valence-electron chi connectivity index (χ0n) is 15.1. The molecule has 2 saturated carbocycles. The fraction of sp³-hybridized carbons (Fsp3) is 0.526. The van der Waals surface area contributed by atoms with E-state index < -0.39 is 0 Å². The molecule has 2 fully saturated rings. The first-order chi connectivity index (χ1) is 13.1. The Morgan fingerprint density at radius 3 is 3.00 bits per heavy atom. The topological polar surface area (TPSA) is 77.2 Å². The summed E-state index contributed by atoms with van der Waals surface area (Å²) in [5.74, 6) is 2.90. The number of amides is 1. The quantitative estimate of drug-likeness (QED) is 0.699. The van der Waals surface area contributed by atoms with Gasteiger partial charge in [-0.15, -0.1) is 10.2 Å². The number of hydrogen-bond donors (Lipinski definition) is 1. The van der Waals surface area contributed by atoms with E-state index in [1.165, 1.54) is 31.0 Å². The van der Waals surface area contributed by atoms with Crippen LogP contribution in [0.15, 0.2) is 27.8 Å². The SMILES string of the molecule is Cc1cc(Cl)ccc1OCc1nnc(SCC(=O)N[C@@H]2C[C@@H]3CC[C@@H]2C3)o1. The molecule has 8 heteroatoms. The van der Waals surface area contributed by atoms with E-state index in [1.54, 1.807) is 6.07 Å². The number of benzene rings is 1. The highest BCUT2D eigenvalue weighted by atomic mass is 35.5. The van der Waals surface area contributed by atoms with Crippen molar-refractivity contribution in [1.29, 1.82) is 0 Å². The van der Waals surface area contributed by atoms with E-state index in [1.807, 2.05) is 19.1 Å². The van der Waals surface area contributed by atoms with Gasteiger partial charge in [-0.1, -0.05) is 29.8 Å². The van der Waals surface area contributed by atoms with Crippen LogP contribution in [0.25, 0.3) is 0 Å². The van der Waals surface area contributed by atoms with E-state index in [2.05, 4.69) is 15.5 Å². The number of carbonyl (C=O) groups excluding carboxylic acids is 1. The number of rotatable bonds is 7. The fourth-order valence-corrected chi connectivity index (χ4v) is 4.88. The van der Waals surface area contributed by atoms with Crippen molar-refractivity contribution in [3.63, 3.8) is 0 Å². The Hall–Kier alpha value is -1.73. The number of nitrogens with one attached hydrogen (secondary N) is 1. The smallest absolute Gasteiger partial charge is 0.277 e. The molecule has 2 aliphatic carbocycles. The number of hydrogen-bond acceptors (Lipinski definition) is 6. The average Bonchev–Trinajstić information content (AvgIpc) is 3.36. The molecule has 1 heterocycles. The van der Waals surface area contributed by atoms with Gasteiger partial charge in [0.05, 0.1) is 5.75 Å². The van der Waals surface area contributed by atoms with Crippen LogP contribution in [0.3, 0.4) is 0 Å². The maximum absolute atomic E-state index is 12.2. The molecule has 0 unspecified atom stereocenters. The van der Waals surface area contributed by atoms with Crippen LogP contribution >= 0.6 is 23.4 Å². The van der Waals surface area contributed by atoms with Crippen molar-refractivity contribution in [2.75, 3.05) is 5.75 Å². The summed E-state index contributed by atoms with van der Waals surface area (Å²) >= 11 is 7.19. The molecule has 2 aliphatic rings. The Kier molecular flexibility index (Phi) is 5.59. The number of aromatic nitrogens is 2. The van der Waals surface area contributed by atoms with Gasteiger partial charge in [-0.2, -0.15) is 0 Å². The molecule has 0 saturated heterocycles. The first-order valence-electron chi connectivity index (χ1n) is 9.20. The standard InChI is InChI=1S/C19H22ClN3O3S/c1-11-6-14(20)4-5-16(11)25-9-18-22-23-19(26-18)27-10-17(24)21-15-8-12-2-3-13(15)7-12/h4-6,12-13,15H,2-3,7-10H2,1H3,(H,21,24)/t12-,13-,15-/m1/s1.